The molecule has 0 saturated heterocycles. The molecule has 1 aromatic heterocycles. The fourth-order valence-corrected chi connectivity index (χ4v) is 3.33. The van der Waals surface area contributed by atoms with Gasteiger partial charge in [-0.15, -0.1) is 0 Å². The highest BCUT2D eigenvalue weighted by Crippen LogP contribution is 2.30. The first-order valence-electron chi connectivity index (χ1n) is 9.15. The number of primary amides is 1. The van der Waals surface area contributed by atoms with Gasteiger partial charge in [-0.1, -0.05) is 18.2 Å². The molecule has 1 atom stereocenters. The van der Waals surface area contributed by atoms with Crippen molar-refractivity contribution in [3.63, 3.8) is 0 Å². The number of hydrogen-bond donors (Lipinski definition) is 1. The van der Waals surface area contributed by atoms with Gasteiger partial charge in [0.2, 0.25) is 5.88 Å². The summed E-state index contributed by atoms with van der Waals surface area (Å²) < 4.78 is 25.5. The summed E-state index contributed by atoms with van der Waals surface area (Å²) in [6, 6.07) is 9.82. The third-order valence-electron chi connectivity index (χ3n) is 4.70. The van der Waals surface area contributed by atoms with Gasteiger partial charge >= 0.3 is 6.09 Å². The molecule has 0 aliphatic rings. The first-order chi connectivity index (χ1) is 13.8. The quantitative estimate of drug-likeness (QED) is 0.621. The molecule has 0 radical (unpaired) electrons. The van der Waals surface area contributed by atoms with Crippen LogP contribution in [0.1, 0.15) is 47.0 Å². The van der Waals surface area contributed by atoms with E-state index in [0.717, 1.165) is 0 Å². The summed E-state index contributed by atoms with van der Waals surface area (Å²) in [5.74, 6) is -0.701. The fourth-order valence-electron chi connectivity index (χ4n) is 3.33. The summed E-state index contributed by atoms with van der Waals surface area (Å²) in [6.07, 6.45) is -0.132. The molecule has 6 nitrogen and oxygen atoms in total. The zero-order valence-corrected chi connectivity index (χ0v) is 16.4. The van der Waals surface area contributed by atoms with E-state index in [1.807, 2.05) is 6.92 Å². The van der Waals surface area contributed by atoms with Gasteiger partial charge in [0.15, 0.2) is 5.78 Å². The standard InChI is InChI=1S/C22H21FN2O4/c1-4-28-21-17-7-5-6-16(15(17)10-11-25-21)20(26)18-9-8-14(12(2)19(18)23)13(3)29-22(24)27/h5-11,13H,4H2,1-3H3,(H2,24,27)/t13-/m0/s1. The number of nitrogens with zero attached hydrogens (tertiary/aromatic N) is 1. The Hall–Kier alpha value is -3.48. The number of ketones is 1. The minimum absolute atomic E-state index is 0.0696. The second-order valence-electron chi connectivity index (χ2n) is 6.50. The number of ether oxygens (including phenoxy) is 2. The van der Waals surface area contributed by atoms with Crippen molar-refractivity contribution >= 4 is 22.6 Å². The van der Waals surface area contributed by atoms with Crippen molar-refractivity contribution in [1.29, 1.82) is 0 Å². The Morgan fingerprint density at radius 1 is 1.14 bits per heavy atom. The Kier molecular flexibility index (Phi) is 5.77. The number of amides is 1. The number of halogens is 1. The molecule has 0 spiro atoms. The first-order valence-corrected chi connectivity index (χ1v) is 9.15. The molecule has 0 bridgehead atoms. The number of pyridine rings is 1. The van der Waals surface area contributed by atoms with Crippen LogP contribution in [0.2, 0.25) is 0 Å². The van der Waals surface area contributed by atoms with Gasteiger partial charge < -0.3 is 15.2 Å². The van der Waals surface area contributed by atoms with Crippen LogP contribution >= 0.6 is 0 Å². The van der Waals surface area contributed by atoms with Crippen LogP contribution in [0.3, 0.4) is 0 Å². The molecule has 0 unspecified atom stereocenters. The van der Waals surface area contributed by atoms with E-state index >= 15 is 4.39 Å². The largest absolute Gasteiger partial charge is 0.478 e. The number of aromatic nitrogens is 1. The molecule has 0 fully saturated rings. The van der Waals surface area contributed by atoms with Gasteiger partial charge in [-0.3, -0.25) is 4.79 Å². The first kappa shape index (κ1) is 20.3. The van der Waals surface area contributed by atoms with Gasteiger partial charge in [0.1, 0.15) is 11.9 Å². The Morgan fingerprint density at radius 2 is 1.90 bits per heavy atom. The maximum atomic E-state index is 15.1. The number of rotatable bonds is 6. The third-order valence-corrected chi connectivity index (χ3v) is 4.70. The average Bonchev–Trinajstić information content (AvgIpc) is 2.69. The predicted octanol–water partition coefficient (Wildman–Crippen LogP) is 4.47. The lowest BCUT2D eigenvalue weighted by Gasteiger charge is -2.16. The van der Waals surface area contributed by atoms with Crippen LogP contribution in [0.25, 0.3) is 10.8 Å². The van der Waals surface area contributed by atoms with Crippen LogP contribution in [0.15, 0.2) is 42.6 Å². The number of carbonyl (C=O) groups excluding carboxylic acids is 2. The van der Waals surface area contributed by atoms with Crippen LogP contribution in [-0.4, -0.2) is 23.5 Å². The Balaban J connectivity index is 2.07. The highest BCUT2D eigenvalue weighted by atomic mass is 19.1. The Morgan fingerprint density at radius 3 is 2.59 bits per heavy atom. The van der Waals surface area contributed by atoms with Gasteiger partial charge in [0.25, 0.3) is 0 Å². The summed E-state index contributed by atoms with van der Waals surface area (Å²) in [4.78, 5) is 28.3. The molecular weight excluding hydrogens is 375 g/mol. The van der Waals surface area contributed by atoms with Gasteiger partial charge in [-0.25, -0.2) is 14.2 Å². The lowest BCUT2D eigenvalue weighted by atomic mass is 9.94. The molecule has 1 amide bonds. The zero-order chi connectivity index (χ0) is 21.1. The van der Waals surface area contributed by atoms with Crippen LogP contribution in [0.5, 0.6) is 5.88 Å². The van der Waals surface area contributed by atoms with Crippen molar-refractivity contribution in [3.8, 4) is 5.88 Å². The summed E-state index contributed by atoms with van der Waals surface area (Å²) >= 11 is 0. The van der Waals surface area contributed by atoms with E-state index in [4.69, 9.17) is 15.2 Å². The number of hydrogen-bond acceptors (Lipinski definition) is 5. The van der Waals surface area contributed by atoms with Crippen LogP contribution in [0, 0.1) is 12.7 Å². The van der Waals surface area contributed by atoms with Gasteiger partial charge in [-0.05, 0) is 55.5 Å². The molecule has 0 aliphatic carbocycles. The number of carbonyl (C=O) groups is 2. The Bertz CT molecular complexity index is 1100. The molecule has 3 rings (SSSR count). The molecule has 2 N–H and O–H groups in total. The van der Waals surface area contributed by atoms with Crippen LogP contribution in [-0.2, 0) is 4.74 Å². The molecule has 3 aromatic rings. The fraction of sp³-hybridized carbons (Fsp3) is 0.227. The number of fused-ring (bicyclic) bond motifs is 1. The maximum absolute atomic E-state index is 15.1. The van der Waals surface area contributed by atoms with E-state index in [0.29, 0.717) is 34.4 Å². The van der Waals surface area contributed by atoms with Crippen molar-refractivity contribution in [2.24, 2.45) is 5.73 Å². The molecule has 2 aromatic carbocycles. The minimum Gasteiger partial charge on any atom is -0.478 e. The second-order valence-corrected chi connectivity index (χ2v) is 6.50. The SMILES string of the molecule is CCOc1nccc2c(C(=O)c3ccc([C@H](C)OC(N)=O)c(C)c3F)cccc12. The monoisotopic (exact) mass is 396 g/mol. The lowest BCUT2D eigenvalue weighted by molar-refractivity contribution is 0.103. The van der Waals surface area contributed by atoms with E-state index in [-0.39, 0.29) is 11.1 Å². The van der Waals surface area contributed by atoms with E-state index < -0.39 is 23.8 Å². The van der Waals surface area contributed by atoms with Gasteiger partial charge in [0.05, 0.1) is 12.2 Å². The number of benzene rings is 2. The lowest BCUT2D eigenvalue weighted by Crippen LogP contribution is -2.17. The van der Waals surface area contributed by atoms with Crippen molar-refractivity contribution < 1.29 is 23.5 Å². The van der Waals surface area contributed by atoms with Crippen molar-refractivity contribution in [1.82, 2.24) is 4.98 Å². The topological polar surface area (TPSA) is 91.5 Å². The highest BCUT2D eigenvalue weighted by molar-refractivity contribution is 6.17. The van der Waals surface area contributed by atoms with E-state index in [1.54, 1.807) is 43.5 Å². The summed E-state index contributed by atoms with van der Waals surface area (Å²) in [5.41, 5.74) is 5.98. The molecular formula is C22H21FN2O4. The van der Waals surface area contributed by atoms with E-state index in [1.165, 1.54) is 13.0 Å². The molecule has 29 heavy (non-hydrogen) atoms. The average molecular weight is 396 g/mol. The maximum Gasteiger partial charge on any atom is 0.405 e. The molecule has 150 valence electrons. The van der Waals surface area contributed by atoms with Gasteiger partial charge in [0, 0.05) is 17.1 Å². The summed E-state index contributed by atoms with van der Waals surface area (Å²) in [5, 5.41) is 1.31. The Labute approximate surface area is 167 Å². The molecule has 0 saturated carbocycles. The van der Waals surface area contributed by atoms with E-state index in [9.17, 15) is 9.59 Å². The van der Waals surface area contributed by atoms with Gasteiger partial charge in [-0.2, -0.15) is 0 Å². The van der Waals surface area contributed by atoms with Crippen LogP contribution < -0.4 is 10.5 Å². The zero-order valence-electron chi connectivity index (χ0n) is 16.4. The van der Waals surface area contributed by atoms with Crippen LogP contribution in [0.4, 0.5) is 9.18 Å². The normalized spacial score (nSPS) is 11.9. The molecule has 7 heteroatoms. The molecule has 1 heterocycles. The van der Waals surface area contributed by atoms with Crippen molar-refractivity contribution in [3.05, 3.63) is 70.7 Å². The number of nitrogens with two attached hydrogens (primary N) is 1. The minimum atomic E-state index is -0.952. The highest BCUT2D eigenvalue weighted by Gasteiger charge is 2.22. The van der Waals surface area contributed by atoms with Crippen molar-refractivity contribution in [2.75, 3.05) is 6.61 Å². The predicted molar refractivity (Wildman–Crippen MR) is 107 cm³/mol. The second kappa shape index (κ2) is 8.26. The third kappa shape index (κ3) is 3.89. The summed E-state index contributed by atoms with van der Waals surface area (Å²) in [6.45, 7) is 5.40. The smallest absolute Gasteiger partial charge is 0.405 e. The van der Waals surface area contributed by atoms with Crippen molar-refractivity contribution in [2.45, 2.75) is 26.9 Å². The summed E-state index contributed by atoms with van der Waals surface area (Å²) in [7, 11) is 0. The molecule has 0 aliphatic heterocycles. The van der Waals surface area contributed by atoms with E-state index in [2.05, 4.69) is 4.98 Å².